The van der Waals surface area contributed by atoms with Gasteiger partial charge in [0.1, 0.15) is 12.3 Å². The van der Waals surface area contributed by atoms with Gasteiger partial charge in [0, 0.05) is 0 Å². The number of esters is 2. The highest BCUT2D eigenvalue weighted by Crippen LogP contribution is 2.35. The Hall–Kier alpha value is -3.79. The Morgan fingerprint density at radius 1 is 1.00 bits per heavy atom. The molecular weight excluding hydrogens is 462 g/mol. The van der Waals surface area contributed by atoms with Crippen LogP contribution in [0.4, 0.5) is 4.79 Å². The van der Waals surface area contributed by atoms with Crippen LogP contribution in [-0.4, -0.2) is 54.9 Å². The fourth-order valence-corrected chi connectivity index (χ4v) is 3.81. The zero-order valence-electron chi connectivity index (χ0n) is 18.9. The van der Waals surface area contributed by atoms with Gasteiger partial charge in [-0.15, -0.1) is 0 Å². The highest BCUT2D eigenvalue weighted by molar-refractivity contribution is 8.18. The molecule has 1 fully saturated rings. The van der Waals surface area contributed by atoms with Gasteiger partial charge >= 0.3 is 11.9 Å². The van der Waals surface area contributed by atoms with Crippen LogP contribution in [0.15, 0.2) is 47.4 Å². The summed E-state index contributed by atoms with van der Waals surface area (Å²) in [6, 6.07) is 11.2. The van der Waals surface area contributed by atoms with Gasteiger partial charge in [0.2, 0.25) is 0 Å². The van der Waals surface area contributed by atoms with Gasteiger partial charge in [-0.25, -0.2) is 4.79 Å². The summed E-state index contributed by atoms with van der Waals surface area (Å²) in [5.41, 5.74) is 0.886. The summed E-state index contributed by atoms with van der Waals surface area (Å²) in [6.45, 7) is 3.44. The molecule has 1 heterocycles. The number of imide groups is 1. The SMILES string of the molecule is CCOC(=O)CN1C(=O)S/C(=C\c2ccc(OC(=O)c3ccc(OC)cc3)c(OCC)c2)C1=O. The van der Waals surface area contributed by atoms with E-state index in [4.69, 9.17) is 18.9 Å². The van der Waals surface area contributed by atoms with E-state index in [-0.39, 0.29) is 17.3 Å². The van der Waals surface area contributed by atoms with Crippen molar-refractivity contribution in [1.82, 2.24) is 4.90 Å². The normalized spacial score (nSPS) is 14.3. The van der Waals surface area contributed by atoms with E-state index in [1.807, 2.05) is 0 Å². The van der Waals surface area contributed by atoms with Crippen molar-refractivity contribution < 1.29 is 38.1 Å². The van der Waals surface area contributed by atoms with Crippen LogP contribution >= 0.6 is 11.8 Å². The van der Waals surface area contributed by atoms with Crippen LogP contribution in [0.25, 0.3) is 6.08 Å². The van der Waals surface area contributed by atoms with Crippen molar-refractivity contribution in [1.29, 1.82) is 0 Å². The topological polar surface area (TPSA) is 108 Å². The minimum atomic E-state index is -0.660. The lowest BCUT2D eigenvalue weighted by molar-refractivity contribution is -0.145. The Kier molecular flexibility index (Phi) is 8.31. The molecule has 0 saturated carbocycles. The van der Waals surface area contributed by atoms with Crippen LogP contribution < -0.4 is 14.2 Å². The van der Waals surface area contributed by atoms with E-state index in [0.717, 1.165) is 16.7 Å². The third kappa shape index (κ3) is 5.96. The molecular formula is C24H23NO8S. The summed E-state index contributed by atoms with van der Waals surface area (Å²) in [6.07, 6.45) is 1.51. The average Bonchev–Trinajstić information content (AvgIpc) is 3.08. The first kappa shape index (κ1) is 24.8. The smallest absolute Gasteiger partial charge is 0.343 e. The molecule has 0 bridgehead atoms. The van der Waals surface area contributed by atoms with E-state index < -0.39 is 29.6 Å². The third-order valence-corrected chi connectivity index (χ3v) is 5.47. The van der Waals surface area contributed by atoms with Crippen LogP contribution in [0.2, 0.25) is 0 Å². The summed E-state index contributed by atoms with van der Waals surface area (Å²) >= 11 is 0.725. The van der Waals surface area contributed by atoms with Gasteiger partial charge in [-0.2, -0.15) is 0 Å². The van der Waals surface area contributed by atoms with E-state index in [1.54, 1.807) is 56.3 Å². The fourth-order valence-electron chi connectivity index (χ4n) is 2.98. The molecule has 1 aliphatic rings. The van der Waals surface area contributed by atoms with Crippen molar-refractivity contribution in [3.05, 3.63) is 58.5 Å². The summed E-state index contributed by atoms with van der Waals surface area (Å²) in [7, 11) is 1.53. The standard InChI is InChI=1S/C24H23NO8S/c1-4-31-19-12-15(13-20-22(27)25(24(29)34-20)14-21(26)32-5-2)6-11-18(19)33-23(28)16-7-9-17(30-3)10-8-16/h6-13H,4-5,14H2,1-3H3/b20-13-. The summed E-state index contributed by atoms with van der Waals surface area (Å²) in [5, 5.41) is -0.556. The number of thioether (sulfide) groups is 1. The second-order valence-corrected chi connectivity index (χ2v) is 7.82. The first-order chi connectivity index (χ1) is 16.4. The van der Waals surface area contributed by atoms with E-state index >= 15 is 0 Å². The van der Waals surface area contributed by atoms with E-state index in [2.05, 4.69) is 0 Å². The molecule has 3 rings (SSSR count). The Labute approximate surface area is 200 Å². The van der Waals surface area contributed by atoms with E-state index in [0.29, 0.717) is 29.2 Å². The number of methoxy groups -OCH3 is 1. The molecule has 0 aliphatic carbocycles. The second kappa shape index (κ2) is 11.4. The molecule has 2 aromatic rings. The largest absolute Gasteiger partial charge is 0.497 e. The van der Waals surface area contributed by atoms with Crippen molar-refractivity contribution in [3.8, 4) is 17.2 Å². The van der Waals surface area contributed by atoms with Crippen molar-refractivity contribution in [2.75, 3.05) is 26.9 Å². The number of hydrogen-bond acceptors (Lipinski definition) is 9. The zero-order valence-corrected chi connectivity index (χ0v) is 19.7. The van der Waals surface area contributed by atoms with Crippen molar-refractivity contribution >= 4 is 40.9 Å². The lowest BCUT2D eigenvalue weighted by Crippen LogP contribution is -2.34. The second-order valence-electron chi connectivity index (χ2n) is 6.83. The van der Waals surface area contributed by atoms with Crippen molar-refractivity contribution in [3.63, 3.8) is 0 Å². The average molecular weight is 486 g/mol. The van der Waals surface area contributed by atoms with Gasteiger partial charge in [-0.05, 0) is 73.6 Å². The number of carbonyl (C=O) groups is 4. The van der Waals surface area contributed by atoms with Crippen LogP contribution in [0.5, 0.6) is 17.2 Å². The van der Waals surface area contributed by atoms with E-state index in [9.17, 15) is 19.2 Å². The number of amides is 2. The molecule has 178 valence electrons. The summed E-state index contributed by atoms with van der Waals surface area (Å²) in [4.78, 5) is 49.9. The van der Waals surface area contributed by atoms with E-state index in [1.165, 1.54) is 13.2 Å². The molecule has 0 unspecified atom stereocenters. The predicted octanol–water partition coefficient (Wildman–Crippen LogP) is 3.91. The number of nitrogens with zero attached hydrogens (tertiary/aromatic N) is 1. The van der Waals surface area contributed by atoms with Crippen LogP contribution in [0, 0.1) is 0 Å². The zero-order chi connectivity index (χ0) is 24.7. The maximum Gasteiger partial charge on any atom is 0.343 e. The van der Waals surface area contributed by atoms with Gasteiger partial charge in [-0.3, -0.25) is 19.3 Å². The monoisotopic (exact) mass is 485 g/mol. The van der Waals surface area contributed by atoms with Gasteiger partial charge in [0.15, 0.2) is 11.5 Å². The molecule has 34 heavy (non-hydrogen) atoms. The summed E-state index contributed by atoms with van der Waals surface area (Å²) in [5.74, 6) is -0.707. The van der Waals surface area contributed by atoms with Crippen LogP contribution in [0.3, 0.4) is 0 Å². The maximum absolute atomic E-state index is 12.6. The molecule has 0 radical (unpaired) electrons. The number of ether oxygens (including phenoxy) is 4. The highest BCUT2D eigenvalue weighted by Gasteiger charge is 2.36. The lowest BCUT2D eigenvalue weighted by atomic mass is 10.1. The maximum atomic E-state index is 12.6. The van der Waals surface area contributed by atoms with Gasteiger partial charge < -0.3 is 18.9 Å². The predicted molar refractivity (Wildman–Crippen MR) is 125 cm³/mol. The molecule has 1 aliphatic heterocycles. The van der Waals surface area contributed by atoms with Gasteiger partial charge in [0.05, 0.1) is 30.8 Å². The fraction of sp³-hybridized carbons (Fsp3) is 0.250. The molecule has 2 aromatic carbocycles. The molecule has 0 atom stereocenters. The Morgan fingerprint density at radius 3 is 2.38 bits per heavy atom. The first-order valence-electron chi connectivity index (χ1n) is 10.4. The minimum Gasteiger partial charge on any atom is -0.497 e. The molecule has 2 amide bonds. The molecule has 0 spiro atoms. The molecule has 0 aromatic heterocycles. The molecule has 0 N–H and O–H groups in total. The number of hydrogen-bond donors (Lipinski definition) is 0. The molecule has 10 heteroatoms. The minimum absolute atomic E-state index is 0.153. The Balaban J connectivity index is 1.78. The lowest BCUT2D eigenvalue weighted by Gasteiger charge is -2.12. The van der Waals surface area contributed by atoms with Crippen LogP contribution in [0.1, 0.15) is 29.8 Å². The quantitative estimate of drug-likeness (QED) is 0.297. The first-order valence-corrected chi connectivity index (χ1v) is 11.2. The number of carbonyl (C=O) groups excluding carboxylic acids is 4. The summed E-state index contributed by atoms with van der Waals surface area (Å²) < 4.78 is 21.0. The molecule has 9 nitrogen and oxygen atoms in total. The van der Waals surface area contributed by atoms with Gasteiger partial charge in [0.25, 0.3) is 11.1 Å². The highest BCUT2D eigenvalue weighted by atomic mass is 32.2. The Morgan fingerprint density at radius 2 is 1.74 bits per heavy atom. The molecule has 1 saturated heterocycles. The van der Waals surface area contributed by atoms with Crippen molar-refractivity contribution in [2.24, 2.45) is 0 Å². The van der Waals surface area contributed by atoms with Crippen LogP contribution in [-0.2, 0) is 14.3 Å². The Bertz CT molecular complexity index is 1130. The van der Waals surface area contributed by atoms with Gasteiger partial charge in [-0.1, -0.05) is 6.07 Å². The third-order valence-electron chi connectivity index (χ3n) is 4.56. The number of benzene rings is 2. The van der Waals surface area contributed by atoms with Crippen molar-refractivity contribution in [2.45, 2.75) is 13.8 Å². The number of rotatable bonds is 9.